The molecule has 2 rings (SSSR count). The van der Waals surface area contributed by atoms with Gasteiger partial charge in [-0.1, -0.05) is 19.1 Å². The number of fused-ring (bicyclic) bond motifs is 1. The minimum absolute atomic E-state index is 0.499. The van der Waals surface area contributed by atoms with Crippen molar-refractivity contribution < 1.29 is 4.74 Å². The monoisotopic (exact) mass is 110 g/mol. The molecule has 0 N–H and O–H groups in total. The lowest BCUT2D eigenvalue weighted by molar-refractivity contribution is 0.340. The lowest BCUT2D eigenvalue weighted by atomic mass is 9.97. The van der Waals surface area contributed by atoms with E-state index >= 15 is 0 Å². The summed E-state index contributed by atoms with van der Waals surface area (Å²) in [6.45, 7) is 2.24. The van der Waals surface area contributed by atoms with E-state index in [9.17, 15) is 0 Å². The molecule has 1 saturated heterocycles. The summed E-state index contributed by atoms with van der Waals surface area (Å²) in [4.78, 5) is 0. The number of ether oxygens (including phenoxy) is 1. The fourth-order valence-electron chi connectivity index (χ4n) is 1.31. The number of rotatable bonds is 0. The Morgan fingerprint density at radius 1 is 1.62 bits per heavy atom. The molecular formula is C7H10O. The van der Waals surface area contributed by atoms with Crippen LogP contribution in [0, 0.1) is 5.92 Å². The van der Waals surface area contributed by atoms with Gasteiger partial charge in [0.25, 0.3) is 0 Å². The Bertz CT molecular complexity index is 128. The highest BCUT2D eigenvalue weighted by Crippen LogP contribution is 2.35. The fourth-order valence-corrected chi connectivity index (χ4v) is 1.31. The molecule has 0 saturated carbocycles. The average Bonchev–Trinajstić information content (AvgIpc) is 2.45. The summed E-state index contributed by atoms with van der Waals surface area (Å²) in [5.74, 6) is 0.769. The highest BCUT2D eigenvalue weighted by atomic mass is 16.6. The Labute approximate surface area is 49.3 Å². The summed E-state index contributed by atoms with van der Waals surface area (Å²) in [6, 6.07) is 0. The summed E-state index contributed by atoms with van der Waals surface area (Å²) in [5.41, 5.74) is 0. The van der Waals surface area contributed by atoms with Crippen molar-refractivity contribution in [2.45, 2.75) is 25.6 Å². The van der Waals surface area contributed by atoms with Crippen LogP contribution in [0.1, 0.15) is 13.3 Å². The van der Waals surface area contributed by atoms with Crippen LogP contribution in [0.4, 0.5) is 0 Å². The quantitative estimate of drug-likeness (QED) is 0.339. The van der Waals surface area contributed by atoms with Crippen LogP contribution in [0.3, 0.4) is 0 Å². The lowest BCUT2D eigenvalue weighted by Gasteiger charge is -2.05. The molecule has 0 spiro atoms. The van der Waals surface area contributed by atoms with E-state index in [4.69, 9.17) is 4.74 Å². The zero-order valence-electron chi connectivity index (χ0n) is 5.00. The van der Waals surface area contributed by atoms with Crippen LogP contribution >= 0.6 is 0 Å². The number of hydrogen-bond donors (Lipinski definition) is 0. The summed E-state index contributed by atoms with van der Waals surface area (Å²) >= 11 is 0. The van der Waals surface area contributed by atoms with E-state index in [2.05, 4.69) is 19.1 Å². The van der Waals surface area contributed by atoms with Crippen molar-refractivity contribution in [3.8, 4) is 0 Å². The maximum atomic E-state index is 5.30. The topological polar surface area (TPSA) is 12.5 Å². The van der Waals surface area contributed by atoms with E-state index in [0.717, 1.165) is 5.92 Å². The van der Waals surface area contributed by atoms with E-state index in [-0.39, 0.29) is 0 Å². The molecule has 3 unspecified atom stereocenters. The van der Waals surface area contributed by atoms with Gasteiger partial charge in [-0.3, -0.25) is 0 Å². The maximum absolute atomic E-state index is 5.30. The Hall–Kier alpha value is -0.300. The lowest BCUT2D eigenvalue weighted by Crippen LogP contribution is -2.07. The Morgan fingerprint density at radius 2 is 2.50 bits per heavy atom. The van der Waals surface area contributed by atoms with Crippen LogP contribution in [-0.2, 0) is 4.74 Å². The highest BCUT2D eigenvalue weighted by Gasteiger charge is 2.42. The largest absolute Gasteiger partial charge is 0.365 e. The normalized spacial score (nSPS) is 50.9. The molecule has 0 radical (unpaired) electrons. The first-order chi connectivity index (χ1) is 3.88. The second-order valence-electron chi connectivity index (χ2n) is 2.71. The van der Waals surface area contributed by atoms with Gasteiger partial charge in [-0.05, 0) is 12.3 Å². The van der Waals surface area contributed by atoms with Gasteiger partial charge in [0.1, 0.15) is 6.10 Å². The van der Waals surface area contributed by atoms with E-state index in [0.29, 0.717) is 12.2 Å². The number of epoxide rings is 1. The molecule has 1 heterocycles. The van der Waals surface area contributed by atoms with E-state index < -0.39 is 0 Å². The van der Waals surface area contributed by atoms with Crippen LogP contribution < -0.4 is 0 Å². The van der Waals surface area contributed by atoms with Crippen LogP contribution in [0.15, 0.2) is 12.2 Å². The van der Waals surface area contributed by atoms with Gasteiger partial charge in [-0.2, -0.15) is 0 Å². The summed E-state index contributed by atoms with van der Waals surface area (Å²) < 4.78 is 5.30. The van der Waals surface area contributed by atoms with Crippen molar-refractivity contribution in [1.82, 2.24) is 0 Å². The molecule has 0 amide bonds. The molecule has 1 aliphatic carbocycles. The molecule has 1 heteroatoms. The third-order valence-electron chi connectivity index (χ3n) is 1.96. The molecule has 1 fully saturated rings. The van der Waals surface area contributed by atoms with Crippen molar-refractivity contribution in [2.75, 3.05) is 0 Å². The van der Waals surface area contributed by atoms with Crippen molar-refractivity contribution in [2.24, 2.45) is 5.92 Å². The van der Waals surface area contributed by atoms with Gasteiger partial charge in [0.05, 0.1) is 6.10 Å². The molecule has 0 aromatic rings. The summed E-state index contributed by atoms with van der Waals surface area (Å²) in [6.07, 6.45) is 6.68. The molecule has 0 aromatic heterocycles. The molecule has 2 aliphatic rings. The predicted octanol–water partition coefficient (Wildman–Crippen LogP) is 1.35. The van der Waals surface area contributed by atoms with Gasteiger partial charge in [-0.15, -0.1) is 0 Å². The van der Waals surface area contributed by atoms with Crippen molar-refractivity contribution in [1.29, 1.82) is 0 Å². The Kier molecular flexibility index (Phi) is 0.770. The fraction of sp³-hybridized carbons (Fsp3) is 0.714. The Morgan fingerprint density at radius 3 is 3.12 bits per heavy atom. The molecule has 0 bridgehead atoms. The van der Waals surface area contributed by atoms with Crippen molar-refractivity contribution in [3.63, 3.8) is 0 Å². The Balaban J connectivity index is 2.13. The minimum atomic E-state index is 0.499. The smallest absolute Gasteiger partial charge is 0.103 e. The standard InChI is InChI=1S/C7H10O/c1-5-3-2-4-6-7(5)8-6/h2,4-7H,3H2,1H3. The molecule has 1 nitrogen and oxygen atoms in total. The van der Waals surface area contributed by atoms with Crippen molar-refractivity contribution >= 4 is 0 Å². The summed E-state index contributed by atoms with van der Waals surface area (Å²) in [5, 5.41) is 0. The van der Waals surface area contributed by atoms with E-state index in [1.54, 1.807) is 0 Å². The minimum Gasteiger partial charge on any atom is -0.365 e. The number of allylic oxidation sites excluding steroid dienone is 1. The number of hydrogen-bond acceptors (Lipinski definition) is 1. The third kappa shape index (κ3) is 0.511. The molecule has 8 heavy (non-hydrogen) atoms. The summed E-state index contributed by atoms with van der Waals surface area (Å²) in [7, 11) is 0. The molecular weight excluding hydrogens is 100 g/mol. The van der Waals surface area contributed by atoms with Crippen LogP contribution in [0.2, 0.25) is 0 Å². The second-order valence-corrected chi connectivity index (χ2v) is 2.71. The van der Waals surface area contributed by atoms with Gasteiger partial charge in [0.2, 0.25) is 0 Å². The zero-order chi connectivity index (χ0) is 5.56. The first kappa shape index (κ1) is 4.57. The van der Waals surface area contributed by atoms with Gasteiger partial charge in [0, 0.05) is 0 Å². The maximum Gasteiger partial charge on any atom is 0.103 e. The van der Waals surface area contributed by atoms with Crippen LogP contribution in [0.5, 0.6) is 0 Å². The first-order valence-corrected chi connectivity index (χ1v) is 3.20. The van der Waals surface area contributed by atoms with Gasteiger partial charge >= 0.3 is 0 Å². The molecule has 1 aliphatic heterocycles. The third-order valence-corrected chi connectivity index (χ3v) is 1.96. The van der Waals surface area contributed by atoms with E-state index in [1.165, 1.54) is 6.42 Å². The second kappa shape index (κ2) is 1.35. The van der Waals surface area contributed by atoms with Crippen LogP contribution in [0.25, 0.3) is 0 Å². The molecule has 0 aromatic carbocycles. The van der Waals surface area contributed by atoms with Crippen molar-refractivity contribution in [3.05, 3.63) is 12.2 Å². The molecule has 44 valence electrons. The van der Waals surface area contributed by atoms with Crippen LogP contribution in [-0.4, -0.2) is 12.2 Å². The molecule has 3 atom stereocenters. The van der Waals surface area contributed by atoms with E-state index in [1.807, 2.05) is 0 Å². The highest BCUT2D eigenvalue weighted by molar-refractivity contribution is 5.09. The van der Waals surface area contributed by atoms with Gasteiger partial charge in [0.15, 0.2) is 0 Å². The average molecular weight is 110 g/mol. The SMILES string of the molecule is CC1CC=CC2OC12. The first-order valence-electron chi connectivity index (χ1n) is 3.20. The predicted molar refractivity (Wildman–Crippen MR) is 31.6 cm³/mol. The van der Waals surface area contributed by atoms with Gasteiger partial charge in [-0.25, -0.2) is 0 Å². The zero-order valence-corrected chi connectivity index (χ0v) is 5.00. The van der Waals surface area contributed by atoms with Gasteiger partial charge < -0.3 is 4.74 Å².